The van der Waals surface area contributed by atoms with E-state index in [9.17, 15) is 4.79 Å². The first kappa shape index (κ1) is 19.6. The minimum atomic E-state index is -0.0587. The number of nitrogens with one attached hydrogen (secondary N) is 2. The third-order valence-corrected chi connectivity index (χ3v) is 5.38. The number of aliphatic imine (C=N–C) groups is 1. The molecule has 1 amide bonds. The molecule has 0 spiro atoms. The van der Waals surface area contributed by atoms with Gasteiger partial charge in [0.1, 0.15) is 5.82 Å². The lowest BCUT2D eigenvalue weighted by Gasteiger charge is -2.34. The number of thioether (sulfide) groups is 1. The number of carbonyl (C=O) groups is 1. The van der Waals surface area contributed by atoms with Gasteiger partial charge in [-0.25, -0.2) is 4.98 Å². The van der Waals surface area contributed by atoms with Crippen LogP contribution in [0.3, 0.4) is 0 Å². The highest BCUT2D eigenvalue weighted by Crippen LogP contribution is 2.21. The average Bonchev–Trinajstić information content (AvgIpc) is 2.63. The quantitative estimate of drug-likeness (QED) is 0.600. The molecule has 6 nitrogen and oxygen atoms in total. The minimum absolute atomic E-state index is 0.0587. The molecule has 2 heterocycles. The Bertz CT molecular complexity index is 575. The van der Waals surface area contributed by atoms with Gasteiger partial charge in [-0.15, -0.1) is 0 Å². The van der Waals surface area contributed by atoms with Crippen molar-refractivity contribution >= 4 is 29.4 Å². The monoisotopic (exact) mass is 363 g/mol. The second-order valence-electron chi connectivity index (χ2n) is 6.10. The van der Waals surface area contributed by atoms with E-state index in [-0.39, 0.29) is 5.91 Å². The smallest absolute Gasteiger partial charge is 0.227 e. The molecular weight excluding hydrogens is 334 g/mol. The van der Waals surface area contributed by atoms with Crippen LogP contribution in [-0.2, 0) is 4.79 Å². The second kappa shape index (κ2) is 10.3. The van der Waals surface area contributed by atoms with Gasteiger partial charge in [0.05, 0.1) is 6.54 Å². The Labute approximate surface area is 154 Å². The Morgan fingerprint density at radius 1 is 1.44 bits per heavy atom. The fraction of sp³-hybridized carbons (Fsp3) is 0.611. The lowest BCUT2D eigenvalue weighted by molar-refractivity contribution is -0.116. The van der Waals surface area contributed by atoms with E-state index in [2.05, 4.69) is 39.4 Å². The van der Waals surface area contributed by atoms with Gasteiger partial charge >= 0.3 is 0 Å². The SMILES string of the molecule is CCNC(=NCCC(=O)Nc1ccc(C)cn1)N1CCSC(CC)C1. The van der Waals surface area contributed by atoms with Gasteiger partial charge in [-0.05, 0) is 31.9 Å². The fourth-order valence-corrected chi connectivity index (χ4v) is 3.78. The molecule has 0 aliphatic carbocycles. The summed E-state index contributed by atoms with van der Waals surface area (Å²) < 4.78 is 0. The predicted octanol–water partition coefficient (Wildman–Crippen LogP) is 2.51. The molecule has 0 aromatic carbocycles. The number of nitrogens with zero attached hydrogens (tertiary/aromatic N) is 3. The zero-order valence-electron chi connectivity index (χ0n) is 15.4. The molecule has 1 aliphatic heterocycles. The number of rotatable bonds is 6. The van der Waals surface area contributed by atoms with Crippen molar-refractivity contribution in [3.63, 3.8) is 0 Å². The molecule has 2 N–H and O–H groups in total. The van der Waals surface area contributed by atoms with Crippen LogP contribution >= 0.6 is 11.8 Å². The molecule has 2 rings (SSSR count). The number of carbonyl (C=O) groups excluding carboxylic acids is 1. The largest absolute Gasteiger partial charge is 0.357 e. The highest BCUT2D eigenvalue weighted by molar-refractivity contribution is 8.00. The highest BCUT2D eigenvalue weighted by Gasteiger charge is 2.21. The Balaban J connectivity index is 1.85. The van der Waals surface area contributed by atoms with Gasteiger partial charge in [0.2, 0.25) is 5.91 Å². The van der Waals surface area contributed by atoms with Crippen LogP contribution in [0.15, 0.2) is 23.3 Å². The topological polar surface area (TPSA) is 69.6 Å². The summed E-state index contributed by atoms with van der Waals surface area (Å²) in [6, 6.07) is 3.75. The molecule has 0 saturated carbocycles. The summed E-state index contributed by atoms with van der Waals surface area (Å²) in [5, 5.41) is 6.82. The van der Waals surface area contributed by atoms with Gasteiger partial charge in [-0.2, -0.15) is 11.8 Å². The van der Waals surface area contributed by atoms with E-state index in [1.807, 2.05) is 30.8 Å². The Morgan fingerprint density at radius 3 is 2.96 bits per heavy atom. The number of pyridine rings is 1. The van der Waals surface area contributed by atoms with E-state index >= 15 is 0 Å². The molecule has 25 heavy (non-hydrogen) atoms. The molecule has 1 fully saturated rings. The normalized spacial score (nSPS) is 18.1. The third kappa shape index (κ3) is 6.57. The van der Waals surface area contributed by atoms with E-state index in [0.29, 0.717) is 24.0 Å². The van der Waals surface area contributed by atoms with Crippen LogP contribution in [-0.4, -0.2) is 58.9 Å². The molecule has 1 aromatic rings. The molecule has 138 valence electrons. The van der Waals surface area contributed by atoms with Gasteiger partial charge in [-0.1, -0.05) is 13.0 Å². The van der Waals surface area contributed by atoms with Gasteiger partial charge in [0.15, 0.2) is 5.96 Å². The summed E-state index contributed by atoms with van der Waals surface area (Å²) in [7, 11) is 0. The summed E-state index contributed by atoms with van der Waals surface area (Å²) in [5.74, 6) is 2.58. The fourth-order valence-electron chi connectivity index (χ4n) is 2.59. The van der Waals surface area contributed by atoms with Crippen LogP contribution in [0.1, 0.15) is 32.3 Å². The van der Waals surface area contributed by atoms with Crippen molar-refractivity contribution in [2.45, 2.75) is 38.9 Å². The number of aryl methyl sites for hydroxylation is 1. The number of aromatic nitrogens is 1. The molecular formula is C18H29N5OS. The minimum Gasteiger partial charge on any atom is -0.357 e. The van der Waals surface area contributed by atoms with Crippen molar-refractivity contribution < 1.29 is 4.79 Å². The van der Waals surface area contributed by atoms with Crippen molar-refractivity contribution in [3.8, 4) is 0 Å². The number of amides is 1. The van der Waals surface area contributed by atoms with E-state index in [1.165, 1.54) is 6.42 Å². The van der Waals surface area contributed by atoms with Crippen molar-refractivity contribution in [2.24, 2.45) is 4.99 Å². The van der Waals surface area contributed by atoms with E-state index in [1.54, 1.807) is 6.20 Å². The number of hydrogen-bond donors (Lipinski definition) is 2. The Morgan fingerprint density at radius 2 is 2.28 bits per heavy atom. The van der Waals surface area contributed by atoms with Crippen LogP contribution in [0.25, 0.3) is 0 Å². The maximum atomic E-state index is 12.1. The van der Waals surface area contributed by atoms with Crippen LogP contribution in [0.4, 0.5) is 5.82 Å². The molecule has 1 unspecified atom stereocenters. The first-order valence-electron chi connectivity index (χ1n) is 8.99. The zero-order chi connectivity index (χ0) is 18.1. The Kier molecular flexibility index (Phi) is 8.04. The Hall–Kier alpha value is -1.76. The van der Waals surface area contributed by atoms with Gasteiger partial charge in [0.25, 0.3) is 0 Å². The summed E-state index contributed by atoms with van der Waals surface area (Å²) in [4.78, 5) is 23.2. The molecule has 0 radical (unpaired) electrons. The van der Waals surface area contributed by atoms with Crippen molar-refractivity contribution in [2.75, 3.05) is 37.2 Å². The second-order valence-corrected chi connectivity index (χ2v) is 7.51. The van der Waals surface area contributed by atoms with Crippen LogP contribution in [0.2, 0.25) is 0 Å². The summed E-state index contributed by atoms with van der Waals surface area (Å²) in [6.07, 6.45) is 3.27. The molecule has 1 aliphatic rings. The molecule has 1 saturated heterocycles. The van der Waals surface area contributed by atoms with E-state index in [0.717, 1.165) is 36.9 Å². The standard InChI is InChI=1S/C18H29N5OS/c1-4-15-13-23(10-11-25-15)18(19-5-2)20-9-8-17(24)22-16-7-6-14(3)12-21-16/h6-7,12,15H,4-5,8-11,13H2,1-3H3,(H,19,20)(H,21,22,24). The molecule has 7 heteroatoms. The number of hydrogen-bond acceptors (Lipinski definition) is 4. The maximum Gasteiger partial charge on any atom is 0.227 e. The average molecular weight is 364 g/mol. The molecule has 1 aromatic heterocycles. The lowest BCUT2D eigenvalue weighted by Crippen LogP contribution is -2.48. The van der Waals surface area contributed by atoms with Gasteiger partial charge < -0.3 is 15.5 Å². The molecule has 0 bridgehead atoms. The molecule has 1 atom stereocenters. The first-order valence-corrected chi connectivity index (χ1v) is 10.0. The van der Waals surface area contributed by atoms with E-state index < -0.39 is 0 Å². The number of anilines is 1. The van der Waals surface area contributed by atoms with Gasteiger partial charge in [-0.3, -0.25) is 9.79 Å². The number of guanidine groups is 1. The van der Waals surface area contributed by atoms with Crippen molar-refractivity contribution in [1.82, 2.24) is 15.2 Å². The van der Waals surface area contributed by atoms with Crippen molar-refractivity contribution in [1.29, 1.82) is 0 Å². The van der Waals surface area contributed by atoms with Crippen LogP contribution in [0, 0.1) is 6.92 Å². The van der Waals surface area contributed by atoms with Crippen LogP contribution in [0.5, 0.6) is 0 Å². The summed E-state index contributed by atoms with van der Waals surface area (Å²) in [6.45, 7) is 9.60. The van der Waals surface area contributed by atoms with Crippen molar-refractivity contribution in [3.05, 3.63) is 23.9 Å². The van der Waals surface area contributed by atoms with Gasteiger partial charge in [0, 0.05) is 43.3 Å². The zero-order valence-corrected chi connectivity index (χ0v) is 16.2. The summed E-state index contributed by atoms with van der Waals surface area (Å²) in [5.41, 5.74) is 1.07. The van der Waals surface area contributed by atoms with E-state index in [4.69, 9.17) is 0 Å². The summed E-state index contributed by atoms with van der Waals surface area (Å²) >= 11 is 2.04. The van der Waals surface area contributed by atoms with Crippen LogP contribution < -0.4 is 10.6 Å². The predicted molar refractivity (Wildman–Crippen MR) is 106 cm³/mol. The highest BCUT2D eigenvalue weighted by atomic mass is 32.2. The maximum absolute atomic E-state index is 12.1. The first-order chi connectivity index (χ1) is 12.1. The lowest BCUT2D eigenvalue weighted by atomic mass is 10.3. The third-order valence-electron chi connectivity index (χ3n) is 4.01.